The fourth-order valence-corrected chi connectivity index (χ4v) is 3.22. The number of methoxy groups -OCH3 is 1. The SMILES string of the molecule is COc1ccc(C(NC(=O)OC2CC2C(=O)Nc2ccccc2)C(C)(C)C)cc1. The maximum Gasteiger partial charge on any atom is 0.407 e. The quantitative estimate of drug-likeness (QED) is 0.752. The number of hydrogen-bond donors (Lipinski definition) is 2. The minimum atomic E-state index is -0.513. The van der Waals surface area contributed by atoms with Crippen molar-refractivity contribution in [1.82, 2.24) is 5.32 Å². The molecule has 0 bridgehead atoms. The highest BCUT2D eigenvalue weighted by Gasteiger charge is 2.47. The third-order valence-electron chi connectivity index (χ3n) is 4.95. The van der Waals surface area contributed by atoms with Gasteiger partial charge in [-0.1, -0.05) is 51.1 Å². The first-order chi connectivity index (χ1) is 13.8. The van der Waals surface area contributed by atoms with E-state index in [2.05, 4.69) is 31.4 Å². The van der Waals surface area contributed by atoms with Gasteiger partial charge in [0, 0.05) is 12.1 Å². The van der Waals surface area contributed by atoms with Crippen LogP contribution in [0.1, 0.15) is 38.8 Å². The van der Waals surface area contributed by atoms with E-state index in [9.17, 15) is 9.59 Å². The van der Waals surface area contributed by atoms with Gasteiger partial charge in [-0.15, -0.1) is 0 Å². The number of carbonyl (C=O) groups excluding carboxylic acids is 2. The Kier molecular flexibility index (Phi) is 6.11. The molecule has 1 saturated carbocycles. The number of amides is 2. The van der Waals surface area contributed by atoms with Crippen LogP contribution in [-0.4, -0.2) is 25.2 Å². The molecule has 1 aliphatic rings. The van der Waals surface area contributed by atoms with E-state index in [0.29, 0.717) is 6.42 Å². The Morgan fingerprint density at radius 1 is 1.03 bits per heavy atom. The van der Waals surface area contributed by atoms with E-state index in [-0.39, 0.29) is 23.3 Å². The van der Waals surface area contributed by atoms with Crippen molar-refractivity contribution in [3.8, 4) is 5.75 Å². The zero-order valence-electron chi connectivity index (χ0n) is 17.3. The van der Waals surface area contributed by atoms with Crippen molar-refractivity contribution < 1.29 is 19.1 Å². The predicted octanol–water partition coefficient (Wildman–Crippen LogP) is 4.54. The molecule has 0 spiro atoms. The molecule has 6 nitrogen and oxygen atoms in total. The van der Waals surface area contributed by atoms with Gasteiger partial charge >= 0.3 is 6.09 Å². The van der Waals surface area contributed by atoms with Crippen LogP contribution >= 0.6 is 0 Å². The fourth-order valence-electron chi connectivity index (χ4n) is 3.22. The Morgan fingerprint density at radius 2 is 1.69 bits per heavy atom. The number of anilines is 1. The lowest BCUT2D eigenvalue weighted by molar-refractivity contribution is -0.118. The summed E-state index contributed by atoms with van der Waals surface area (Å²) >= 11 is 0. The van der Waals surface area contributed by atoms with E-state index in [1.807, 2.05) is 54.6 Å². The van der Waals surface area contributed by atoms with Crippen LogP contribution in [0, 0.1) is 11.3 Å². The second-order valence-corrected chi connectivity index (χ2v) is 8.36. The minimum absolute atomic E-state index is 0.128. The first-order valence-electron chi connectivity index (χ1n) is 9.75. The number of benzene rings is 2. The van der Waals surface area contributed by atoms with Gasteiger partial charge in [0.2, 0.25) is 5.91 Å². The summed E-state index contributed by atoms with van der Waals surface area (Å²) in [5.41, 5.74) is 1.48. The molecular weight excluding hydrogens is 368 g/mol. The normalized spacial score (nSPS) is 19.0. The fraction of sp³-hybridized carbons (Fsp3) is 0.391. The highest BCUT2D eigenvalue weighted by molar-refractivity contribution is 5.95. The molecule has 2 N–H and O–H groups in total. The maximum absolute atomic E-state index is 12.5. The van der Waals surface area contributed by atoms with Crippen molar-refractivity contribution in [3.63, 3.8) is 0 Å². The summed E-state index contributed by atoms with van der Waals surface area (Å²) in [6.45, 7) is 6.15. The zero-order valence-corrected chi connectivity index (χ0v) is 17.3. The van der Waals surface area contributed by atoms with Gasteiger partial charge in [-0.05, 0) is 35.2 Å². The van der Waals surface area contributed by atoms with Crippen LogP contribution in [0.5, 0.6) is 5.75 Å². The standard InChI is InChI=1S/C23H28N2O4/c1-23(2,3)20(15-10-12-17(28-4)13-11-15)25-22(27)29-19-14-18(19)21(26)24-16-8-6-5-7-9-16/h5-13,18-20H,14H2,1-4H3,(H,24,26)(H,25,27). The summed E-state index contributed by atoms with van der Waals surface area (Å²) in [5.74, 6) is 0.320. The molecule has 0 aromatic heterocycles. The van der Waals surface area contributed by atoms with E-state index in [1.54, 1.807) is 7.11 Å². The van der Waals surface area contributed by atoms with Crippen LogP contribution < -0.4 is 15.4 Å². The Morgan fingerprint density at radius 3 is 2.28 bits per heavy atom. The molecule has 6 heteroatoms. The van der Waals surface area contributed by atoms with Gasteiger partial charge in [0.15, 0.2) is 0 Å². The average Bonchev–Trinajstić information content (AvgIpc) is 3.45. The third kappa shape index (κ3) is 5.50. The summed E-state index contributed by atoms with van der Waals surface area (Å²) in [6, 6.07) is 16.6. The van der Waals surface area contributed by atoms with E-state index < -0.39 is 12.2 Å². The molecular formula is C23H28N2O4. The Hall–Kier alpha value is -3.02. The lowest BCUT2D eigenvalue weighted by Crippen LogP contribution is -2.37. The highest BCUT2D eigenvalue weighted by Crippen LogP contribution is 2.37. The van der Waals surface area contributed by atoms with Crippen LogP contribution in [0.2, 0.25) is 0 Å². The van der Waals surface area contributed by atoms with E-state index >= 15 is 0 Å². The molecule has 2 aromatic rings. The lowest BCUT2D eigenvalue weighted by Gasteiger charge is -2.31. The number of alkyl carbamates (subject to hydrolysis) is 1. The van der Waals surface area contributed by atoms with Crippen LogP contribution in [0.25, 0.3) is 0 Å². The number of rotatable bonds is 6. The topological polar surface area (TPSA) is 76.7 Å². The molecule has 2 aromatic carbocycles. The van der Waals surface area contributed by atoms with Crippen molar-refractivity contribution in [2.45, 2.75) is 39.3 Å². The second-order valence-electron chi connectivity index (χ2n) is 8.36. The van der Waals surface area contributed by atoms with Crippen LogP contribution in [0.15, 0.2) is 54.6 Å². The summed E-state index contributed by atoms with van der Waals surface area (Å²) in [7, 11) is 1.62. The van der Waals surface area contributed by atoms with Crippen LogP contribution in [-0.2, 0) is 9.53 Å². The smallest absolute Gasteiger partial charge is 0.407 e. The minimum Gasteiger partial charge on any atom is -0.497 e. The molecule has 2 amide bonds. The molecule has 29 heavy (non-hydrogen) atoms. The molecule has 154 valence electrons. The predicted molar refractivity (Wildman–Crippen MR) is 112 cm³/mol. The Bertz CT molecular complexity index is 843. The number of nitrogens with one attached hydrogen (secondary N) is 2. The average molecular weight is 396 g/mol. The van der Waals surface area contributed by atoms with Gasteiger partial charge in [-0.3, -0.25) is 4.79 Å². The lowest BCUT2D eigenvalue weighted by atomic mass is 9.82. The van der Waals surface area contributed by atoms with Crippen molar-refractivity contribution in [1.29, 1.82) is 0 Å². The molecule has 0 aliphatic heterocycles. The zero-order chi connectivity index (χ0) is 21.0. The number of ether oxygens (including phenoxy) is 2. The molecule has 3 unspecified atom stereocenters. The molecule has 3 atom stereocenters. The van der Waals surface area contributed by atoms with Gasteiger partial charge in [0.1, 0.15) is 11.9 Å². The Balaban J connectivity index is 1.56. The molecule has 3 rings (SSSR count). The Labute approximate surface area is 171 Å². The van der Waals surface area contributed by atoms with E-state index in [4.69, 9.17) is 9.47 Å². The summed E-state index contributed by atoms with van der Waals surface area (Å²) in [4.78, 5) is 24.8. The second kappa shape index (κ2) is 8.55. The summed E-state index contributed by atoms with van der Waals surface area (Å²) < 4.78 is 10.7. The van der Waals surface area contributed by atoms with Crippen molar-refractivity contribution in [3.05, 3.63) is 60.2 Å². The number of para-hydroxylation sites is 1. The van der Waals surface area contributed by atoms with Gasteiger partial charge in [-0.25, -0.2) is 4.79 Å². The summed E-state index contributed by atoms with van der Waals surface area (Å²) in [5, 5.41) is 5.80. The van der Waals surface area contributed by atoms with Crippen molar-refractivity contribution >= 4 is 17.7 Å². The van der Waals surface area contributed by atoms with Gasteiger partial charge < -0.3 is 20.1 Å². The summed E-state index contributed by atoms with van der Waals surface area (Å²) in [6.07, 6.45) is -0.370. The first kappa shape index (κ1) is 20.7. The largest absolute Gasteiger partial charge is 0.497 e. The van der Waals surface area contributed by atoms with Gasteiger partial charge in [0.25, 0.3) is 0 Å². The van der Waals surface area contributed by atoms with Gasteiger partial charge in [-0.2, -0.15) is 0 Å². The van der Waals surface area contributed by atoms with Crippen molar-refractivity contribution in [2.75, 3.05) is 12.4 Å². The van der Waals surface area contributed by atoms with E-state index in [1.165, 1.54) is 0 Å². The van der Waals surface area contributed by atoms with Gasteiger partial charge in [0.05, 0.1) is 19.1 Å². The van der Waals surface area contributed by atoms with Crippen molar-refractivity contribution in [2.24, 2.45) is 11.3 Å². The number of hydrogen-bond acceptors (Lipinski definition) is 4. The molecule has 1 fully saturated rings. The molecule has 0 radical (unpaired) electrons. The highest BCUT2D eigenvalue weighted by atomic mass is 16.6. The molecule has 0 heterocycles. The molecule has 0 saturated heterocycles. The van der Waals surface area contributed by atoms with Crippen LogP contribution in [0.3, 0.4) is 0 Å². The number of carbonyl (C=O) groups is 2. The van der Waals surface area contributed by atoms with E-state index in [0.717, 1.165) is 17.0 Å². The molecule has 1 aliphatic carbocycles. The maximum atomic E-state index is 12.5. The van der Waals surface area contributed by atoms with Crippen LogP contribution in [0.4, 0.5) is 10.5 Å². The third-order valence-corrected chi connectivity index (χ3v) is 4.95. The first-order valence-corrected chi connectivity index (χ1v) is 9.75. The monoisotopic (exact) mass is 396 g/mol.